The van der Waals surface area contributed by atoms with Crippen molar-refractivity contribution in [3.63, 3.8) is 0 Å². The van der Waals surface area contributed by atoms with Gasteiger partial charge in [-0.15, -0.1) is 8.78 Å². The van der Waals surface area contributed by atoms with Gasteiger partial charge in [0, 0.05) is 49.0 Å². The molecule has 0 radical (unpaired) electrons. The Morgan fingerprint density at radius 3 is 2.60 bits per heavy atom. The Morgan fingerprint density at radius 1 is 1.07 bits per heavy atom. The number of carbonyl (C=O) groups is 2. The van der Waals surface area contributed by atoms with Gasteiger partial charge in [0.25, 0.3) is 0 Å². The fourth-order valence-corrected chi connectivity index (χ4v) is 5.84. The number of hydrogen-bond donors (Lipinski definition) is 2. The molecular formula is C28H27F3N4O5. The lowest BCUT2D eigenvalue weighted by Gasteiger charge is -2.50. The number of hydrogen-bond acceptors (Lipinski definition) is 7. The smallest absolute Gasteiger partial charge is 0.395 e. The summed E-state index contributed by atoms with van der Waals surface area (Å²) in [6.07, 6.45) is -1.90. The third-order valence-electron chi connectivity index (χ3n) is 8.00. The van der Waals surface area contributed by atoms with Gasteiger partial charge in [-0.2, -0.15) is 0 Å². The number of amides is 3. The molecule has 2 N–H and O–H groups in total. The molecule has 0 aliphatic carbocycles. The summed E-state index contributed by atoms with van der Waals surface area (Å²) < 4.78 is 51.9. The molecule has 3 aliphatic rings. The van der Waals surface area contributed by atoms with Gasteiger partial charge in [0.2, 0.25) is 5.91 Å². The van der Waals surface area contributed by atoms with Gasteiger partial charge >= 0.3 is 12.3 Å². The molecule has 9 nitrogen and oxygen atoms in total. The van der Waals surface area contributed by atoms with Gasteiger partial charge in [-0.3, -0.25) is 24.9 Å². The maximum Gasteiger partial charge on any atom is 0.586 e. The summed E-state index contributed by atoms with van der Waals surface area (Å²) in [5.74, 6) is -1.06. The highest BCUT2D eigenvalue weighted by atomic mass is 19.3. The molecule has 3 aromatic rings. The van der Waals surface area contributed by atoms with Crippen LogP contribution < -0.4 is 19.7 Å². The monoisotopic (exact) mass is 556 g/mol. The largest absolute Gasteiger partial charge is 0.586 e. The molecule has 6 rings (SSSR count). The summed E-state index contributed by atoms with van der Waals surface area (Å²) >= 11 is 0. The highest BCUT2D eigenvalue weighted by Crippen LogP contribution is 2.48. The normalized spacial score (nSPS) is 23.9. The molecule has 2 aromatic carbocycles. The first kappa shape index (κ1) is 26.3. The number of anilines is 1. The molecule has 4 heterocycles. The topological polar surface area (TPSA) is 104 Å². The maximum atomic E-state index is 16.1. The van der Waals surface area contributed by atoms with Gasteiger partial charge < -0.3 is 14.6 Å². The molecule has 3 amide bonds. The standard InChI is InChI=1S/C28H27F3N4O5/c1-26(2)15-34(14-16-3-6-21-22(11-16)40-28(30,31)39-21)10-8-27(26,38)19-4-5-20-18(24(19)29)12-17(13-32-20)35-9-7-23(36)33-25(35)37/h3-6,11-13,38H,7-10,14-15H2,1-2H3,(H,33,36,37)/t27-/m0/s1. The minimum absolute atomic E-state index is 0.0269. The first-order valence-electron chi connectivity index (χ1n) is 12.9. The zero-order valence-electron chi connectivity index (χ0n) is 21.8. The van der Waals surface area contributed by atoms with Crippen LogP contribution in [0.1, 0.15) is 37.8 Å². The van der Waals surface area contributed by atoms with E-state index in [0.717, 1.165) is 5.56 Å². The van der Waals surface area contributed by atoms with Crippen molar-refractivity contribution in [1.82, 2.24) is 15.2 Å². The van der Waals surface area contributed by atoms with E-state index in [2.05, 4.69) is 24.7 Å². The lowest BCUT2D eigenvalue weighted by atomic mass is 9.66. The maximum absolute atomic E-state index is 16.1. The number of nitrogens with zero attached hydrogens (tertiary/aromatic N) is 3. The molecule has 0 saturated carbocycles. The molecule has 0 spiro atoms. The Labute approximate surface area is 227 Å². The van der Waals surface area contributed by atoms with Crippen LogP contribution in [0.25, 0.3) is 10.9 Å². The van der Waals surface area contributed by atoms with E-state index in [4.69, 9.17) is 0 Å². The van der Waals surface area contributed by atoms with Crippen molar-refractivity contribution in [2.45, 2.75) is 45.1 Å². The number of urea groups is 1. The molecule has 2 fully saturated rings. The second-order valence-corrected chi connectivity index (χ2v) is 11.1. The number of halogens is 3. The number of benzene rings is 2. The summed E-state index contributed by atoms with van der Waals surface area (Å²) in [6.45, 7) is 5.08. The quantitative estimate of drug-likeness (QED) is 0.495. The third kappa shape index (κ3) is 4.40. The molecule has 0 bridgehead atoms. The average molecular weight is 557 g/mol. The van der Waals surface area contributed by atoms with Crippen molar-refractivity contribution >= 4 is 28.5 Å². The zero-order chi connectivity index (χ0) is 28.4. The van der Waals surface area contributed by atoms with E-state index in [0.29, 0.717) is 30.8 Å². The van der Waals surface area contributed by atoms with E-state index < -0.39 is 29.2 Å². The molecule has 1 atom stereocenters. The predicted molar refractivity (Wildman–Crippen MR) is 137 cm³/mol. The molecule has 12 heteroatoms. The molecule has 40 heavy (non-hydrogen) atoms. The van der Waals surface area contributed by atoms with Crippen molar-refractivity contribution < 1.29 is 37.3 Å². The minimum atomic E-state index is -3.69. The zero-order valence-corrected chi connectivity index (χ0v) is 21.8. The second kappa shape index (κ2) is 9.07. The summed E-state index contributed by atoms with van der Waals surface area (Å²) in [5, 5.41) is 14.3. The van der Waals surface area contributed by atoms with Gasteiger partial charge in [-0.25, -0.2) is 9.18 Å². The lowest BCUT2D eigenvalue weighted by Crippen LogP contribution is -2.55. The van der Waals surface area contributed by atoms with E-state index in [1.54, 1.807) is 18.2 Å². The number of pyridine rings is 1. The fraction of sp³-hybridized carbons (Fsp3) is 0.393. The van der Waals surface area contributed by atoms with Crippen LogP contribution in [0.2, 0.25) is 0 Å². The lowest BCUT2D eigenvalue weighted by molar-refractivity contribution is -0.286. The number of imide groups is 1. The number of piperidine rings is 1. The van der Waals surface area contributed by atoms with E-state index in [9.17, 15) is 23.5 Å². The molecule has 0 unspecified atom stereocenters. The predicted octanol–water partition coefficient (Wildman–Crippen LogP) is 4.26. The van der Waals surface area contributed by atoms with Crippen LogP contribution in [0.5, 0.6) is 11.5 Å². The van der Waals surface area contributed by atoms with Crippen LogP contribution >= 0.6 is 0 Å². The van der Waals surface area contributed by atoms with Crippen LogP contribution in [-0.4, -0.2) is 52.9 Å². The van der Waals surface area contributed by atoms with Crippen LogP contribution in [0.3, 0.4) is 0 Å². The van der Waals surface area contributed by atoms with E-state index in [1.807, 2.05) is 13.8 Å². The molecule has 3 aliphatic heterocycles. The fourth-order valence-electron chi connectivity index (χ4n) is 5.84. The van der Waals surface area contributed by atoms with Crippen molar-refractivity contribution in [1.29, 1.82) is 0 Å². The number of carbonyl (C=O) groups excluding carboxylic acids is 2. The number of likely N-dealkylation sites (tertiary alicyclic amines) is 1. The van der Waals surface area contributed by atoms with Crippen molar-refractivity contribution in [2.75, 3.05) is 24.5 Å². The molecule has 210 valence electrons. The number of alkyl halides is 2. The van der Waals surface area contributed by atoms with Crippen molar-refractivity contribution in [2.24, 2.45) is 5.41 Å². The van der Waals surface area contributed by atoms with Gasteiger partial charge in [0.15, 0.2) is 11.5 Å². The summed E-state index contributed by atoms with van der Waals surface area (Å²) in [7, 11) is 0. The Kier molecular flexibility index (Phi) is 5.97. The van der Waals surface area contributed by atoms with Gasteiger partial charge in [0.05, 0.1) is 23.0 Å². The van der Waals surface area contributed by atoms with Crippen LogP contribution in [0.4, 0.5) is 23.7 Å². The Bertz CT molecular complexity index is 1550. The number of nitrogens with one attached hydrogen (secondary N) is 1. The number of aromatic nitrogens is 1. The van der Waals surface area contributed by atoms with Gasteiger partial charge in [0.1, 0.15) is 5.82 Å². The Balaban J connectivity index is 1.25. The molecular weight excluding hydrogens is 529 g/mol. The second-order valence-electron chi connectivity index (χ2n) is 11.1. The first-order chi connectivity index (χ1) is 18.8. The summed E-state index contributed by atoms with van der Waals surface area (Å²) in [4.78, 5) is 31.5. The SMILES string of the molecule is CC1(C)CN(Cc2ccc3c(c2)OC(F)(F)O3)CC[C@]1(O)c1ccc2ncc(N3CCC(=O)NC3=O)cc2c1F. The average Bonchev–Trinajstić information content (AvgIpc) is 3.19. The van der Waals surface area contributed by atoms with Crippen molar-refractivity contribution in [3.05, 3.63) is 59.5 Å². The highest BCUT2D eigenvalue weighted by Gasteiger charge is 2.50. The first-order valence-corrected chi connectivity index (χ1v) is 12.9. The van der Waals surface area contributed by atoms with Crippen LogP contribution in [0, 0.1) is 11.2 Å². The third-order valence-corrected chi connectivity index (χ3v) is 8.00. The summed E-state index contributed by atoms with van der Waals surface area (Å²) in [6, 6.07) is 8.73. The number of aliphatic hydroxyl groups is 1. The van der Waals surface area contributed by atoms with Gasteiger partial charge in [-0.1, -0.05) is 26.0 Å². The summed E-state index contributed by atoms with van der Waals surface area (Å²) in [5.41, 5.74) is -0.750. The number of rotatable bonds is 4. The Hall–Kier alpha value is -3.90. The minimum Gasteiger partial charge on any atom is -0.395 e. The van der Waals surface area contributed by atoms with Crippen LogP contribution in [-0.2, 0) is 16.9 Å². The Morgan fingerprint density at radius 2 is 1.85 bits per heavy atom. The van der Waals surface area contributed by atoms with Gasteiger partial charge in [-0.05, 0) is 36.2 Å². The highest BCUT2D eigenvalue weighted by molar-refractivity contribution is 6.06. The molecule has 2 saturated heterocycles. The van der Waals surface area contributed by atoms with E-state index in [-0.39, 0.29) is 47.7 Å². The number of fused-ring (bicyclic) bond motifs is 2. The van der Waals surface area contributed by atoms with E-state index >= 15 is 4.39 Å². The van der Waals surface area contributed by atoms with Crippen molar-refractivity contribution in [3.8, 4) is 11.5 Å². The number of ether oxygens (including phenoxy) is 2. The van der Waals surface area contributed by atoms with Crippen LogP contribution in [0.15, 0.2) is 42.6 Å². The molecule has 1 aromatic heterocycles. The van der Waals surface area contributed by atoms with E-state index in [1.165, 1.54) is 29.3 Å².